The molecule has 3 nitrogen and oxygen atoms in total. The first-order valence-corrected chi connectivity index (χ1v) is 7.36. The summed E-state index contributed by atoms with van der Waals surface area (Å²) in [4.78, 5) is 8.72. The van der Waals surface area contributed by atoms with Gasteiger partial charge in [0.05, 0.1) is 5.69 Å². The van der Waals surface area contributed by atoms with Gasteiger partial charge in [0.25, 0.3) is 0 Å². The van der Waals surface area contributed by atoms with Crippen LogP contribution in [0.15, 0.2) is 42.6 Å². The highest BCUT2D eigenvalue weighted by Crippen LogP contribution is 2.17. The second-order valence-corrected chi connectivity index (χ2v) is 5.02. The minimum absolute atomic E-state index is 0.324. The molecular formula is C17H23N3. The molecular weight excluding hydrogens is 246 g/mol. The molecule has 0 fully saturated rings. The van der Waals surface area contributed by atoms with Crippen LogP contribution in [0.5, 0.6) is 0 Å². The molecule has 0 amide bonds. The van der Waals surface area contributed by atoms with Gasteiger partial charge in [0.1, 0.15) is 5.82 Å². The number of nitrogens with zero attached hydrogens (tertiary/aromatic N) is 2. The Morgan fingerprint density at radius 1 is 1.15 bits per heavy atom. The number of rotatable bonds is 7. The van der Waals surface area contributed by atoms with Gasteiger partial charge in [0.15, 0.2) is 0 Å². The van der Waals surface area contributed by atoms with Crippen LogP contribution in [-0.2, 0) is 6.42 Å². The molecule has 1 atom stereocenters. The maximum atomic E-state index is 4.54. The van der Waals surface area contributed by atoms with E-state index in [4.69, 9.17) is 0 Å². The van der Waals surface area contributed by atoms with Gasteiger partial charge in [-0.3, -0.25) is 0 Å². The number of aryl methyl sites for hydroxylation is 2. The van der Waals surface area contributed by atoms with Crippen LogP contribution in [0, 0.1) is 6.92 Å². The van der Waals surface area contributed by atoms with E-state index in [9.17, 15) is 0 Å². The van der Waals surface area contributed by atoms with Crippen LogP contribution in [0.2, 0.25) is 0 Å². The van der Waals surface area contributed by atoms with Crippen LogP contribution >= 0.6 is 0 Å². The SMILES string of the molecule is CCNC(CCCc1ccccc1)c1ccnc(C)n1. The predicted molar refractivity (Wildman–Crippen MR) is 82.6 cm³/mol. The Morgan fingerprint density at radius 3 is 2.65 bits per heavy atom. The van der Waals surface area contributed by atoms with Crippen molar-refractivity contribution in [3.8, 4) is 0 Å². The van der Waals surface area contributed by atoms with Crippen LogP contribution in [0.25, 0.3) is 0 Å². The fraction of sp³-hybridized carbons (Fsp3) is 0.412. The van der Waals surface area contributed by atoms with Gasteiger partial charge in [-0.1, -0.05) is 37.3 Å². The molecule has 0 spiro atoms. The van der Waals surface area contributed by atoms with Crippen molar-refractivity contribution in [3.05, 3.63) is 59.7 Å². The molecule has 20 heavy (non-hydrogen) atoms. The van der Waals surface area contributed by atoms with E-state index in [0.29, 0.717) is 6.04 Å². The van der Waals surface area contributed by atoms with Crippen LogP contribution in [0.1, 0.15) is 42.9 Å². The van der Waals surface area contributed by atoms with Gasteiger partial charge in [-0.25, -0.2) is 9.97 Å². The summed E-state index contributed by atoms with van der Waals surface area (Å²) in [6, 6.07) is 13.0. The average Bonchev–Trinajstić information content (AvgIpc) is 2.47. The van der Waals surface area contributed by atoms with E-state index in [1.165, 1.54) is 5.56 Å². The summed E-state index contributed by atoms with van der Waals surface area (Å²) in [6.45, 7) is 5.04. The van der Waals surface area contributed by atoms with Crippen molar-refractivity contribution in [3.63, 3.8) is 0 Å². The quantitative estimate of drug-likeness (QED) is 0.836. The monoisotopic (exact) mass is 269 g/mol. The first-order valence-electron chi connectivity index (χ1n) is 7.36. The van der Waals surface area contributed by atoms with Crippen molar-refractivity contribution in [1.29, 1.82) is 0 Å². The Balaban J connectivity index is 1.92. The van der Waals surface area contributed by atoms with Gasteiger partial charge in [-0.2, -0.15) is 0 Å². The second kappa shape index (κ2) is 7.75. The predicted octanol–water partition coefficient (Wildman–Crippen LogP) is 3.46. The molecule has 1 N–H and O–H groups in total. The molecule has 2 aromatic rings. The highest BCUT2D eigenvalue weighted by Gasteiger charge is 2.11. The number of benzene rings is 1. The highest BCUT2D eigenvalue weighted by atomic mass is 15.0. The third kappa shape index (κ3) is 4.42. The molecule has 1 unspecified atom stereocenters. The summed E-state index contributed by atoms with van der Waals surface area (Å²) >= 11 is 0. The maximum Gasteiger partial charge on any atom is 0.125 e. The van der Waals surface area contributed by atoms with Gasteiger partial charge in [-0.15, -0.1) is 0 Å². The highest BCUT2D eigenvalue weighted by molar-refractivity contribution is 5.15. The van der Waals surface area contributed by atoms with E-state index >= 15 is 0 Å². The Hall–Kier alpha value is -1.74. The van der Waals surface area contributed by atoms with Crippen molar-refractivity contribution in [1.82, 2.24) is 15.3 Å². The third-order valence-corrected chi connectivity index (χ3v) is 3.41. The molecule has 0 bridgehead atoms. The zero-order valence-electron chi connectivity index (χ0n) is 12.3. The minimum atomic E-state index is 0.324. The molecule has 1 aromatic heterocycles. The Labute approximate surface area is 121 Å². The molecule has 1 aromatic carbocycles. The third-order valence-electron chi connectivity index (χ3n) is 3.41. The summed E-state index contributed by atoms with van der Waals surface area (Å²) < 4.78 is 0. The molecule has 1 heterocycles. The number of hydrogen-bond acceptors (Lipinski definition) is 3. The summed E-state index contributed by atoms with van der Waals surface area (Å²) in [6.07, 6.45) is 5.22. The lowest BCUT2D eigenvalue weighted by Gasteiger charge is -2.17. The number of hydrogen-bond donors (Lipinski definition) is 1. The van der Waals surface area contributed by atoms with E-state index in [1.807, 2.05) is 19.2 Å². The molecule has 0 saturated heterocycles. The van der Waals surface area contributed by atoms with Crippen LogP contribution < -0.4 is 5.32 Å². The largest absolute Gasteiger partial charge is 0.309 e. The first kappa shape index (κ1) is 14.7. The number of aromatic nitrogens is 2. The van der Waals surface area contributed by atoms with Gasteiger partial charge < -0.3 is 5.32 Å². The van der Waals surface area contributed by atoms with Gasteiger partial charge >= 0.3 is 0 Å². The Kier molecular flexibility index (Phi) is 5.69. The molecule has 3 heteroatoms. The molecule has 2 rings (SSSR count). The lowest BCUT2D eigenvalue weighted by molar-refractivity contribution is 0.485. The fourth-order valence-electron chi connectivity index (χ4n) is 2.42. The smallest absolute Gasteiger partial charge is 0.125 e. The van der Waals surface area contributed by atoms with Crippen LogP contribution in [0.4, 0.5) is 0 Å². The van der Waals surface area contributed by atoms with Gasteiger partial charge in [0.2, 0.25) is 0 Å². The van der Waals surface area contributed by atoms with Gasteiger partial charge in [-0.05, 0) is 44.4 Å². The van der Waals surface area contributed by atoms with Crippen molar-refractivity contribution in [2.45, 2.75) is 39.2 Å². The lowest BCUT2D eigenvalue weighted by atomic mass is 10.0. The second-order valence-electron chi connectivity index (χ2n) is 5.02. The summed E-state index contributed by atoms with van der Waals surface area (Å²) in [5.74, 6) is 0.841. The standard InChI is InChI=1S/C17H23N3/c1-3-18-16(17-12-13-19-14(2)20-17)11-7-10-15-8-5-4-6-9-15/h4-6,8-9,12-13,16,18H,3,7,10-11H2,1-2H3. The number of nitrogens with one attached hydrogen (secondary N) is 1. The van der Waals surface area contributed by atoms with Crippen LogP contribution in [-0.4, -0.2) is 16.5 Å². The molecule has 0 aliphatic carbocycles. The van der Waals surface area contributed by atoms with Crippen molar-refractivity contribution >= 4 is 0 Å². The van der Waals surface area contributed by atoms with E-state index in [-0.39, 0.29) is 0 Å². The Bertz CT molecular complexity index is 511. The van der Waals surface area contributed by atoms with E-state index in [1.54, 1.807) is 0 Å². The van der Waals surface area contributed by atoms with Crippen molar-refractivity contribution in [2.75, 3.05) is 6.54 Å². The van der Waals surface area contributed by atoms with Crippen molar-refractivity contribution in [2.24, 2.45) is 0 Å². The molecule has 0 radical (unpaired) electrons. The molecule has 0 saturated carbocycles. The summed E-state index contributed by atoms with van der Waals surface area (Å²) in [5, 5.41) is 3.52. The Morgan fingerprint density at radius 2 is 1.95 bits per heavy atom. The van der Waals surface area contributed by atoms with E-state index in [0.717, 1.165) is 37.3 Å². The summed E-state index contributed by atoms with van der Waals surface area (Å²) in [7, 11) is 0. The lowest BCUT2D eigenvalue weighted by Crippen LogP contribution is -2.22. The molecule has 0 aliphatic rings. The zero-order chi connectivity index (χ0) is 14.2. The van der Waals surface area contributed by atoms with Gasteiger partial charge in [0, 0.05) is 12.2 Å². The normalized spacial score (nSPS) is 12.3. The van der Waals surface area contributed by atoms with Crippen molar-refractivity contribution < 1.29 is 0 Å². The topological polar surface area (TPSA) is 37.8 Å². The van der Waals surface area contributed by atoms with Crippen LogP contribution in [0.3, 0.4) is 0 Å². The average molecular weight is 269 g/mol. The summed E-state index contributed by atoms with van der Waals surface area (Å²) in [5.41, 5.74) is 2.51. The zero-order valence-corrected chi connectivity index (χ0v) is 12.3. The van der Waals surface area contributed by atoms with E-state index in [2.05, 4.69) is 52.5 Å². The maximum absolute atomic E-state index is 4.54. The minimum Gasteiger partial charge on any atom is -0.309 e. The first-order chi connectivity index (χ1) is 9.79. The molecule has 0 aliphatic heterocycles. The molecule has 106 valence electrons. The van der Waals surface area contributed by atoms with E-state index < -0.39 is 0 Å². The fourth-order valence-corrected chi connectivity index (χ4v) is 2.42.